The second-order valence-electron chi connectivity index (χ2n) is 3.25. The Morgan fingerprint density at radius 2 is 2.20 bits per heavy atom. The second-order valence-corrected chi connectivity index (χ2v) is 3.25. The normalized spacial score (nSPS) is 10.3. The summed E-state index contributed by atoms with van der Waals surface area (Å²) in [4.78, 5) is 0. The number of benzene rings is 1. The molecule has 1 aromatic rings. The number of nitrogens with one attached hydrogen (secondary N) is 2. The molecular formula is C11H17FN2O. The van der Waals surface area contributed by atoms with E-state index in [-0.39, 0.29) is 5.82 Å². The molecule has 0 unspecified atom stereocenters. The van der Waals surface area contributed by atoms with Gasteiger partial charge in [-0.1, -0.05) is 6.07 Å². The van der Waals surface area contributed by atoms with Crippen LogP contribution in [0, 0.1) is 5.82 Å². The van der Waals surface area contributed by atoms with Crippen LogP contribution < -0.4 is 15.4 Å². The fourth-order valence-corrected chi connectivity index (χ4v) is 1.31. The van der Waals surface area contributed by atoms with Gasteiger partial charge in [-0.3, -0.25) is 0 Å². The van der Waals surface area contributed by atoms with Gasteiger partial charge in [-0.15, -0.1) is 0 Å². The zero-order valence-corrected chi connectivity index (χ0v) is 9.14. The van der Waals surface area contributed by atoms with Crippen LogP contribution in [0.3, 0.4) is 0 Å². The SMILES string of the molecule is CNCNCCc1ccc(OC)c(F)c1. The van der Waals surface area contributed by atoms with E-state index >= 15 is 0 Å². The van der Waals surface area contributed by atoms with Crippen LogP contribution in [0.4, 0.5) is 4.39 Å². The van der Waals surface area contributed by atoms with E-state index in [2.05, 4.69) is 10.6 Å². The zero-order valence-electron chi connectivity index (χ0n) is 9.14. The lowest BCUT2D eigenvalue weighted by Crippen LogP contribution is -2.27. The van der Waals surface area contributed by atoms with Crippen molar-refractivity contribution in [2.45, 2.75) is 6.42 Å². The van der Waals surface area contributed by atoms with Crippen molar-refractivity contribution < 1.29 is 9.13 Å². The molecule has 3 nitrogen and oxygen atoms in total. The fraction of sp³-hybridized carbons (Fsp3) is 0.455. The summed E-state index contributed by atoms with van der Waals surface area (Å²) in [5, 5.41) is 6.15. The van der Waals surface area contributed by atoms with Gasteiger partial charge >= 0.3 is 0 Å². The average molecular weight is 212 g/mol. The number of hydrogen-bond donors (Lipinski definition) is 2. The molecular weight excluding hydrogens is 195 g/mol. The Labute approximate surface area is 89.6 Å². The van der Waals surface area contributed by atoms with Crippen LogP contribution in [0.5, 0.6) is 5.75 Å². The summed E-state index contributed by atoms with van der Waals surface area (Å²) in [6.45, 7) is 1.59. The fourth-order valence-electron chi connectivity index (χ4n) is 1.31. The molecule has 0 radical (unpaired) electrons. The van der Waals surface area contributed by atoms with Gasteiger partial charge < -0.3 is 15.4 Å². The molecule has 0 bridgehead atoms. The highest BCUT2D eigenvalue weighted by molar-refractivity contribution is 5.29. The van der Waals surface area contributed by atoms with Gasteiger partial charge in [-0.05, 0) is 31.2 Å². The summed E-state index contributed by atoms with van der Waals surface area (Å²) in [7, 11) is 3.34. The van der Waals surface area contributed by atoms with Gasteiger partial charge in [0.2, 0.25) is 0 Å². The lowest BCUT2D eigenvalue weighted by molar-refractivity contribution is 0.386. The molecule has 0 fully saturated rings. The molecule has 0 atom stereocenters. The van der Waals surface area contributed by atoms with Crippen LogP contribution in [0.2, 0.25) is 0 Å². The molecule has 1 aromatic carbocycles. The van der Waals surface area contributed by atoms with Crippen LogP contribution in [0.1, 0.15) is 5.56 Å². The van der Waals surface area contributed by atoms with E-state index in [9.17, 15) is 4.39 Å². The predicted octanol–water partition coefficient (Wildman–Crippen LogP) is 1.14. The minimum Gasteiger partial charge on any atom is -0.494 e. The summed E-state index contributed by atoms with van der Waals surface area (Å²) >= 11 is 0. The highest BCUT2D eigenvalue weighted by Gasteiger charge is 2.02. The molecule has 0 spiro atoms. The minimum atomic E-state index is -0.302. The minimum absolute atomic E-state index is 0.293. The van der Waals surface area contributed by atoms with Crippen LogP contribution in [0.15, 0.2) is 18.2 Å². The Morgan fingerprint density at radius 1 is 1.40 bits per heavy atom. The van der Waals surface area contributed by atoms with Crippen LogP contribution in [-0.4, -0.2) is 27.4 Å². The molecule has 0 amide bonds. The number of rotatable bonds is 6. The van der Waals surface area contributed by atoms with Crippen LogP contribution >= 0.6 is 0 Å². The number of halogens is 1. The Hall–Kier alpha value is -1.13. The van der Waals surface area contributed by atoms with Crippen molar-refractivity contribution >= 4 is 0 Å². The number of methoxy groups -OCH3 is 1. The molecule has 2 N–H and O–H groups in total. The highest BCUT2D eigenvalue weighted by atomic mass is 19.1. The number of ether oxygens (including phenoxy) is 1. The molecule has 0 aromatic heterocycles. The first-order valence-electron chi connectivity index (χ1n) is 4.95. The van der Waals surface area contributed by atoms with Gasteiger partial charge in [-0.25, -0.2) is 4.39 Å². The Balaban J connectivity index is 2.45. The highest BCUT2D eigenvalue weighted by Crippen LogP contribution is 2.17. The predicted molar refractivity (Wildman–Crippen MR) is 58.6 cm³/mol. The van der Waals surface area contributed by atoms with Crippen molar-refractivity contribution in [1.82, 2.24) is 10.6 Å². The largest absolute Gasteiger partial charge is 0.494 e. The van der Waals surface area contributed by atoms with Crippen molar-refractivity contribution in [1.29, 1.82) is 0 Å². The third kappa shape index (κ3) is 3.85. The van der Waals surface area contributed by atoms with Crippen molar-refractivity contribution in [2.24, 2.45) is 0 Å². The first-order valence-corrected chi connectivity index (χ1v) is 4.95. The van der Waals surface area contributed by atoms with Gasteiger partial charge in [0.1, 0.15) is 0 Å². The molecule has 0 saturated carbocycles. The van der Waals surface area contributed by atoms with Crippen molar-refractivity contribution in [3.8, 4) is 5.75 Å². The standard InChI is InChI=1S/C11H17FN2O/c1-13-8-14-6-5-9-3-4-11(15-2)10(12)7-9/h3-4,7,13-14H,5-6,8H2,1-2H3. The molecule has 1 rings (SSSR count). The Bertz CT molecular complexity index is 305. The maximum Gasteiger partial charge on any atom is 0.165 e. The van der Waals surface area contributed by atoms with Crippen molar-refractivity contribution in [2.75, 3.05) is 27.4 Å². The van der Waals surface area contributed by atoms with Gasteiger partial charge in [-0.2, -0.15) is 0 Å². The molecule has 0 aliphatic rings. The van der Waals surface area contributed by atoms with E-state index in [4.69, 9.17) is 4.74 Å². The summed E-state index contributed by atoms with van der Waals surface area (Å²) in [6.07, 6.45) is 0.808. The van der Waals surface area contributed by atoms with E-state index in [0.717, 1.165) is 25.2 Å². The van der Waals surface area contributed by atoms with E-state index in [0.29, 0.717) is 5.75 Å². The molecule has 4 heteroatoms. The van der Waals surface area contributed by atoms with E-state index in [1.165, 1.54) is 13.2 Å². The molecule has 15 heavy (non-hydrogen) atoms. The van der Waals surface area contributed by atoms with Gasteiger partial charge in [0.25, 0.3) is 0 Å². The van der Waals surface area contributed by atoms with Gasteiger partial charge in [0, 0.05) is 13.2 Å². The Kier molecular flexibility index (Phi) is 5.07. The van der Waals surface area contributed by atoms with E-state index < -0.39 is 0 Å². The van der Waals surface area contributed by atoms with E-state index in [1.54, 1.807) is 6.07 Å². The lowest BCUT2D eigenvalue weighted by Gasteiger charge is -2.06. The first kappa shape index (κ1) is 11.9. The first-order chi connectivity index (χ1) is 7.27. The smallest absolute Gasteiger partial charge is 0.165 e. The summed E-state index contributed by atoms with van der Waals surface area (Å²) in [5.74, 6) is -0.00875. The molecule has 0 aliphatic heterocycles. The van der Waals surface area contributed by atoms with Crippen molar-refractivity contribution in [3.05, 3.63) is 29.6 Å². The maximum absolute atomic E-state index is 13.3. The van der Waals surface area contributed by atoms with E-state index in [1.807, 2.05) is 13.1 Å². The van der Waals surface area contributed by atoms with Crippen LogP contribution in [-0.2, 0) is 6.42 Å². The summed E-state index contributed by atoms with van der Waals surface area (Å²) in [6, 6.07) is 5.05. The Morgan fingerprint density at radius 3 is 2.80 bits per heavy atom. The molecule has 0 heterocycles. The van der Waals surface area contributed by atoms with Gasteiger partial charge in [0.15, 0.2) is 11.6 Å². The third-order valence-electron chi connectivity index (χ3n) is 2.11. The monoisotopic (exact) mass is 212 g/mol. The topological polar surface area (TPSA) is 33.3 Å². The summed E-state index contributed by atoms with van der Waals surface area (Å²) < 4.78 is 18.1. The van der Waals surface area contributed by atoms with Crippen LogP contribution in [0.25, 0.3) is 0 Å². The molecule has 84 valence electrons. The number of hydrogen-bond acceptors (Lipinski definition) is 3. The lowest BCUT2D eigenvalue weighted by atomic mass is 10.1. The third-order valence-corrected chi connectivity index (χ3v) is 2.11. The second kappa shape index (κ2) is 6.37. The average Bonchev–Trinajstić information content (AvgIpc) is 2.25. The zero-order chi connectivity index (χ0) is 11.1. The molecule has 0 aliphatic carbocycles. The molecule has 0 saturated heterocycles. The summed E-state index contributed by atoms with van der Waals surface area (Å²) in [5.41, 5.74) is 0.969. The van der Waals surface area contributed by atoms with Crippen molar-refractivity contribution in [3.63, 3.8) is 0 Å². The van der Waals surface area contributed by atoms with Gasteiger partial charge in [0.05, 0.1) is 7.11 Å². The maximum atomic E-state index is 13.3. The quantitative estimate of drug-likeness (QED) is 0.548.